The van der Waals surface area contributed by atoms with Gasteiger partial charge in [-0.1, -0.05) is 31.4 Å². The molecule has 1 rings (SSSR count). The van der Waals surface area contributed by atoms with Gasteiger partial charge in [0.05, 0.1) is 0 Å². The Morgan fingerprint density at radius 1 is 0.889 bits per heavy atom. The van der Waals surface area contributed by atoms with E-state index in [4.69, 9.17) is 4.42 Å². The van der Waals surface area contributed by atoms with Gasteiger partial charge in [0.25, 0.3) is 0 Å². The van der Waals surface area contributed by atoms with Gasteiger partial charge >= 0.3 is 0 Å². The molecular formula is C15H24N2O. The zero-order valence-electron chi connectivity index (χ0n) is 12.4. The van der Waals surface area contributed by atoms with Gasteiger partial charge in [-0.05, 0) is 40.5 Å². The van der Waals surface area contributed by atoms with Crippen molar-refractivity contribution in [3.8, 4) is 0 Å². The van der Waals surface area contributed by atoms with Gasteiger partial charge in [-0.3, -0.25) is 0 Å². The summed E-state index contributed by atoms with van der Waals surface area (Å²) in [7, 11) is 0. The number of hydrogen-bond donors (Lipinski definition) is 0. The fourth-order valence-corrected chi connectivity index (χ4v) is 1.72. The number of nitrogens with zero attached hydrogens (tertiary/aromatic N) is 2. The highest BCUT2D eigenvalue weighted by Gasteiger charge is 2.12. The molecule has 0 aromatic carbocycles. The third kappa shape index (κ3) is 3.31. The highest BCUT2D eigenvalue weighted by atomic mass is 16.4. The molecule has 0 atom stereocenters. The fraction of sp³-hybridized carbons (Fsp3) is 0.600. The van der Waals surface area contributed by atoms with Crippen LogP contribution in [0.25, 0.3) is 11.1 Å². The Morgan fingerprint density at radius 3 is 1.83 bits per heavy atom. The standard InChI is InChI=1S/C15H24N2O/c1-7-9-11(4)13(6)15-17-16-14(18-15)12(5)10(3)8-2/h7-9H2,1-6H3/b12-10+,13-11+. The molecule has 0 fully saturated rings. The lowest BCUT2D eigenvalue weighted by molar-refractivity contribution is 0.522. The molecule has 0 spiro atoms. The predicted molar refractivity (Wildman–Crippen MR) is 76.0 cm³/mol. The molecule has 100 valence electrons. The molecule has 0 aliphatic heterocycles. The van der Waals surface area contributed by atoms with Gasteiger partial charge < -0.3 is 4.42 Å². The van der Waals surface area contributed by atoms with E-state index in [1.165, 1.54) is 11.1 Å². The molecule has 0 saturated carbocycles. The highest BCUT2D eigenvalue weighted by Crippen LogP contribution is 2.24. The van der Waals surface area contributed by atoms with Gasteiger partial charge in [-0.2, -0.15) is 0 Å². The van der Waals surface area contributed by atoms with E-state index in [0.717, 1.165) is 30.4 Å². The second-order valence-corrected chi connectivity index (χ2v) is 4.83. The predicted octanol–water partition coefficient (Wildman–Crippen LogP) is 4.87. The second kappa shape index (κ2) is 6.53. The van der Waals surface area contributed by atoms with Gasteiger partial charge in [0.15, 0.2) is 0 Å². The monoisotopic (exact) mass is 248 g/mol. The summed E-state index contributed by atoms with van der Waals surface area (Å²) in [5.74, 6) is 1.30. The Bertz CT molecular complexity index is 467. The van der Waals surface area contributed by atoms with Crippen LogP contribution in [0.3, 0.4) is 0 Å². The molecule has 0 N–H and O–H groups in total. The Hall–Kier alpha value is -1.38. The average molecular weight is 248 g/mol. The van der Waals surface area contributed by atoms with E-state index in [0.29, 0.717) is 11.8 Å². The summed E-state index contributed by atoms with van der Waals surface area (Å²) in [4.78, 5) is 0. The molecule has 0 radical (unpaired) electrons. The third-order valence-electron chi connectivity index (χ3n) is 3.50. The lowest BCUT2D eigenvalue weighted by atomic mass is 10.1. The number of rotatable bonds is 5. The molecule has 3 heteroatoms. The van der Waals surface area contributed by atoms with E-state index in [1.54, 1.807) is 0 Å². The van der Waals surface area contributed by atoms with Gasteiger partial charge in [0.2, 0.25) is 11.8 Å². The van der Waals surface area contributed by atoms with Crippen LogP contribution < -0.4 is 0 Å². The van der Waals surface area contributed by atoms with E-state index in [9.17, 15) is 0 Å². The normalized spacial score (nSPS) is 14.3. The van der Waals surface area contributed by atoms with Crippen molar-refractivity contribution in [1.29, 1.82) is 0 Å². The second-order valence-electron chi connectivity index (χ2n) is 4.83. The van der Waals surface area contributed by atoms with Crippen molar-refractivity contribution in [2.75, 3.05) is 0 Å². The summed E-state index contributed by atoms with van der Waals surface area (Å²) in [5, 5.41) is 8.29. The third-order valence-corrected chi connectivity index (χ3v) is 3.50. The Morgan fingerprint density at radius 2 is 1.39 bits per heavy atom. The molecule has 0 bridgehead atoms. The maximum atomic E-state index is 5.76. The summed E-state index contributed by atoms with van der Waals surface area (Å²) in [5.41, 5.74) is 4.81. The molecular weight excluding hydrogens is 224 g/mol. The molecule has 18 heavy (non-hydrogen) atoms. The Kier molecular flexibility index (Phi) is 5.32. The first-order valence-corrected chi connectivity index (χ1v) is 6.68. The SMILES string of the molecule is CCC/C(C)=C(\C)c1nnc(/C(C)=C(\C)CC)o1. The van der Waals surface area contributed by atoms with Gasteiger partial charge in [0.1, 0.15) is 0 Å². The summed E-state index contributed by atoms with van der Waals surface area (Å²) in [6.45, 7) is 12.6. The number of aromatic nitrogens is 2. The minimum absolute atomic E-state index is 0.646. The lowest BCUT2D eigenvalue weighted by Gasteiger charge is -2.02. The van der Waals surface area contributed by atoms with E-state index >= 15 is 0 Å². The Labute approximate surface area is 110 Å². The van der Waals surface area contributed by atoms with E-state index in [2.05, 4.69) is 37.9 Å². The first-order valence-electron chi connectivity index (χ1n) is 6.68. The zero-order chi connectivity index (χ0) is 13.7. The molecule has 1 aromatic rings. The quantitative estimate of drug-likeness (QED) is 0.746. The lowest BCUT2D eigenvalue weighted by Crippen LogP contribution is -1.85. The summed E-state index contributed by atoms with van der Waals surface area (Å²) in [6.07, 6.45) is 3.22. The van der Waals surface area contributed by atoms with Gasteiger partial charge in [-0.25, -0.2) is 0 Å². The fourth-order valence-electron chi connectivity index (χ4n) is 1.72. The molecule has 0 saturated heterocycles. The van der Waals surface area contributed by atoms with Crippen LogP contribution in [0.15, 0.2) is 15.6 Å². The molecule has 1 heterocycles. The molecule has 0 aliphatic carbocycles. The minimum Gasteiger partial charge on any atom is -0.417 e. The highest BCUT2D eigenvalue weighted by molar-refractivity contribution is 5.63. The smallest absolute Gasteiger partial charge is 0.243 e. The number of allylic oxidation sites excluding steroid dienone is 4. The van der Waals surface area contributed by atoms with Crippen LogP contribution in [0.5, 0.6) is 0 Å². The maximum absolute atomic E-state index is 5.76. The van der Waals surface area contributed by atoms with Crippen molar-refractivity contribution < 1.29 is 4.42 Å². The van der Waals surface area contributed by atoms with Crippen LogP contribution in [0.2, 0.25) is 0 Å². The van der Waals surface area contributed by atoms with Crippen molar-refractivity contribution >= 4 is 11.1 Å². The largest absolute Gasteiger partial charge is 0.417 e. The summed E-state index contributed by atoms with van der Waals surface area (Å²) in [6, 6.07) is 0. The van der Waals surface area contributed by atoms with Crippen LogP contribution in [-0.2, 0) is 0 Å². The summed E-state index contributed by atoms with van der Waals surface area (Å²) < 4.78 is 5.76. The maximum Gasteiger partial charge on any atom is 0.243 e. The van der Waals surface area contributed by atoms with Crippen LogP contribution >= 0.6 is 0 Å². The van der Waals surface area contributed by atoms with Crippen molar-refractivity contribution in [3.63, 3.8) is 0 Å². The molecule has 1 aromatic heterocycles. The summed E-state index contributed by atoms with van der Waals surface area (Å²) >= 11 is 0. The van der Waals surface area contributed by atoms with E-state index in [1.807, 2.05) is 13.8 Å². The average Bonchev–Trinajstić information content (AvgIpc) is 2.85. The minimum atomic E-state index is 0.646. The van der Waals surface area contributed by atoms with Crippen molar-refractivity contribution in [2.24, 2.45) is 0 Å². The topological polar surface area (TPSA) is 38.9 Å². The van der Waals surface area contributed by atoms with Gasteiger partial charge in [0, 0.05) is 11.1 Å². The molecule has 0 amide bonds. The van der Waals surface area contributed by atoms with E-state index in [-0.39, 0.29) is 0 Å². The van der Waals surface area contributed by atoms with Crippen molar-refractivity contribution in [1.82, 2.24) is 10.2 Å². The molecule has 0 aliphatic rings. The van der Waals surface area contributed by atoms with Crippen LogP contribution in [0, 0.1) is 0 Å². The van der Waals surface area contributed by atoms with Crippen LogP contribution in [0.4, 0.5) is 0 Å². The first-order chi connectivity index (χ1) is 8.51. The Balaban J connectivity index is 3.04. The van der Waals surface area contributed by atoms with Gasteiger partial charge in [-0.15, -0.1) is 10.2 Å². The number of hydrogen-bond acceptors (Lipinski definition) is 3. The van der Waals surface area contributed by atoms with Crippen molar-refractivity contribution in [2.45, 2.75) is 60.8 Å². The van der Waals surface area contributed by atoms with E-state index < -0.39 is 0 Å². The first kappa shape index (κ1) is 14.7. The van der Waals surface area contributed by atoms with Crippen LogP contribution in [0.1, 0.15) is 72.6 Å². The van der Waals surface area contributed by atoms with Crippen molar-refractivity contribution in [3.05, 3.63) is 22.9 Å². The molecule has 0 unspecified atom stereocenters. The zero-order valence-corrected chi connectivity index (χ0v) is 12.4. The van der Waals surface area contributed by atoms with Crippen LogP contribution in [-0.4, -0.2) is 10.2 Å². The molecule has 3 nitrogen and oxygen atoms in total.